The van der Waals surface area contributed by atoms with Crippen molar-refractivity contribution in [2.75, 3.05) is 32.1 Å². The normalized spacial score (nSPS) is 10.7. The van der Waals surface area contributed by atoms with Crippen molar-refractivity contribution >= 4 is 11.8 Å². The molecule has 3 aromatic rings. The van der Waals surface area contributed by atoms with Crippen LogP contribution < -0.4 is 20.9 Å². The molecule has 0 unspecified atom stereocenters. The van der Waals surface area contributed by atoms with Crippen molar-refractivity contribution in [1.29, 1.82) is 0 Å². The van der Waals surface area contributed by atoms with E-state index in [-0.39, 0.29) is 31.0 Å². The smallest absolute Gasteiger partial charge is 0.411 e. The third-order valence-corrected chi connectivity index (χ3v) is 4.76. The molecule has 3 rings (SSSR count). The molecule has 1 heterocycles. The Balaban J connectivity index is 1.80. The molecule has 0 fully saturated rings. The van der Waals surface area contributed by atoms with E-state index in [9.17, 15) is 18.4 Å². The molecule has 10 heteroatoms. The Hall–Kier alpha value is -3.79. The van der Waals surface area contributed by atoms with Crippen LogP contribution in [-0.4, -0.2) is 42.7 Å². The zero-order chi connectivity index (χ0) is 24.5. The van der Waals surface area contributed by atoms with Crippen LogP contribution in [0.5, 0.6) is 5.75 Å². The average molecular weight is 472 g/mol. The number of nitrogens with one attached hydrogen (secondary N) is 2. The van der Waals surface area contributed by atoms with Crippen molar-refractivity contribution in [3.05, 3.63) is 76.1 Å². The molecule has 2 N–H and O–H groups in total. The standard InChI is InChI=1S/C24H26F2N4O4/c1-3-33-24(32)28-18-7-4-6-16(12-18)15-30-22(31)9-8-21(29-30)17-13-19(25)23(20(26)14-17)34-11-5-10-27-2/h4,6-9,12-14,27H,3,5,10-11,15H2,1-2H3,(H,28,32). The Morgan fingerprint density at radius 1 is 1.12 bits per heavy atom. The van der Waals surface area contributed by atoms with Gasteiger partial charge in [-0.15, -0.1) is 0 Å². The van der Waals surface area contributed by atoms with Gasteiger partial charge in [0.1, 0.15) is 0 Å². The molecule has 0 bridgehead atoms. The van der Waals surface area contributed by atoms with Gasteiger partial charge in [-0.05, 0) is 62.8 Å². The van der Waals surface area contributed by atoms with Crippen molar-refractivity contribution < 1.29 is 23.0 Å². The van der Waals surface area contributed by atoms with Crippen LogP contribution in [0.2, 0.25) is 0 Å². The van der Waals surface area contributed by atoms with Crippen LogP contribution in [0.4, 0.5) is 19.3 Å². The molecule has 34 heavy (non-hydrogen) atoms. The summed E-state index contributed by atoms with van der Waals surface area (Å²) in [5.74, 6) is -2.15. The summed E-state index contributed by atoms with van der Waals surface area (Å²) in [4.78, 5) is 24.0. The molecule has 180 valence electrons. The highest BCUT2D eigenvalue weighted by Crippen LogP contribution is 2.28. The molecule has 1 aromatic heterocycles. The van der Waals surface area contributed by atoms with Crippen LogP contribution in [0.25, 0.3) is 11.3 Å². The van der Waals surface area contributed by atoms with E-state index in [2.05, 4.69) is 15.7 Å². The first kappa shape index (κ1) is 24.8. The summed E-state index contributed by atoms with van der Waals surface area (Å²) in [6.07, 6.45) is 0.00983. The number of amides is 1. The second-order valence-electron chi connectivity index (χ2n) is 7.33. The van der Waals surface area contributed by atoms with Crippen LogP contribution in [0.1, 0.15) is 18.9 Å². The van der Waals surface area contributed by atoms with Gasteiger partial charge in [0.25, 0.3) is 5.56 Å². The first-order valence-corrected chi connectivity index (χ1v) is 10.8. The summed E-state index contributed by atoms with van der Waals surface area (Å²) >= 11 is 0. The van der Waals surface area contributed by atoms with Crippen LogP contribution in [0.3, 0.4) is 0 Å². The van der Waals surface area contributed by atoms with E-state index < -0.39 is 29.0 Å². The van der Waals surface area contributed by atoms with Crippen molar-refractivity contribution in [2.45, 2.75) is 19.9 Å². The number of halogens is 2. The lowest BCUT2D eigenvalue weighted by molar-refractivity contribution is 0.168. The molecule has 1 amide bonds. The van der Waals surface area contributed by atoms with E-state index in [4.69, 9.17) is 9.47 Å². The molecular weight excluding hydrogens is 446 g/mol. The highest BCUT2D eigenvalue weighted by molar-refractivity contribution is 5.84. The number of ether oxygens (including phenoxy) is 2. The van der Waals surface area contributed by atoms with Crippen molar-refractivity contribution in [3.8, 4) is 17.0 Å². The quantitative estimate of drug-likeness (QED) is 0.436. The Kier molecular flexibility index (Phi) is 8.69. The maximum atomic E-state index is 14.5. The van der Waals surface area contributed by atoms with E-state index >= 15 is 0 Å². The van der Waals surface area contributed by atoms with E-state index in [0.717, 1.165) is 12.1 Å². The van der Waals surface area contributed by atoms with Gasteiger partial charge in [0.05, 0.1) is 25.5 Å². The maximum Gasteiger partial charge on any atom is 0.411 e. The number of anilines is 1. The van der Waals surface area contributed by atoms with Crippen LogP contribution in [0, 0.1) is 11.6 Å². The average Bonchev–Trinajstić information content (AvgIpc) is 2.80. The number of hydrogen-bond donors (Lipinski definition) is 2. The summed E-state index contributed by atoms with van der Waals surface area (Å²) in [7, 11) is 1.78. The Morgan fingerprint density at radius 2 is 1.88 bits per heavy atom. The summed E-state index contributed by atoms with van der Waals surface area (Å²) in [5.41, 5.74) is 1.18. The summed E-state index contributed by atoms with van der Waals surface area (Å²) in [6, 6.07) is 11.8. The Morgan fingerprint density at radius 3 is 2.59 bits per heavy atom. The van der Waals surface area contributed by atoms with Gasteiger partial charge in [0.2, 0.25) is 0 Å². The predicted octanol–water partition coefficient (Wildman–Crippen LogP) is 3.79. The zero-order valence-corrected chi connectivity index (χ0v) is 18.9. The van der Waals surface area contributed by atoms with Gasteiger partial charge in [-0.25, -0.2) is 18.3 Å². The maximum absolute atomic E-state index is 14.5. The van der Waals surface area contributed by atoms with E-state index in [0.29, 0.717) is 24.2 Å². The van der Waals surface area contributed by atoms with Gasteiger partial charge in [0, 0.05) is 17.3 Å². The Bertz CT molecular complexity index is 1180. The van der Waals surface area contributed by atoms with Crippen LogP contribution >= 0.6 is 0 Å². The molecule has 0 saturated heterocycles. The zero-order valence-electron chi connectivity index (χ0n) is 18.9. The van der Waals surface area contributed by atoms with Crippen molar-refractivity contribution in [2.24, 2.45) is 0 Å². The molecular formula is C24H26F2N4O4. The van der Waals surface area contributed by atoms with Gasteiger partial charge in [-0.3, -0.25) is 10.1 Å². The van der Waals surface area contributed by atoms with E-state index in [1.54, 1.807) is 38.2 Å². The van der Waals surface area contributed by atoms with E-state index in [1.807, 2.05) is 0 Å². The number of benzene rings is 2. The Labute approximate surface area is 195 Å². The fourth-order valence-electron chi connectivity index (χ4n) is 3.19. The van der Waals surface area contributed by atoms with Crippen LogP contribution in [0.15, 0.2) is 53.3 Å². The highest BCUT2D eigenvalue weighted by Gasteiger charge is 2.15. The van der Waals surface area contributed by atoms with Gasteiger partial charge < -0.3 is 14.8 Å². The van der Waals surface area contributed by atoms with Crippen LogP contribution in [-0.2, 0) is 11.3 Å². The third kappa shape index (κ3) is 6.61. The largest absolute Gasteiger partial charge is 0.488 e. The lowest BCUT2D eigenvalue weighted by Crippen LogP contribution is -2.23. The topological polar surface area (TPSA) is 94.5 Å². The fourth-order valence-corrected chi connectivity index (χ4v) is 3.19. The number of aromatic nitrogens is 2. The minimum Gasteiger partial charge on any atom is -0.488 e. The molecule has 0 atom stereocenters. The number of carbonyl (C=O) groups excluding carboxylic acids is 1. The second-order valence-corrected chi connectivity index (χ2v) is 7.33. The molecule has 0 aliphatic carbocycles. The highest BCUT2D eigenvalue weighted by atomic mass is 19.1. The van der Waals surface area contributed by atoms with Gasteiger partial charge in [0.15, 0.2) is 17.4 Å². The second kappa shape index (κ2) is 11.9. The first-order valence-electron chi connectivity index (χ1n) is 10.8. The van der Waals surface area contributed by atoms with Crippen molar-refractivity contribution in [1.82, 2.24) is 15.1 Å². The van der Waals surface area contributed by atoms with Gasteiger partial charge >= 0.3 is 6.09 Å². The third-order valence-electron chi connectivity index (χ3n) is 4.76. The summed E-state index contributed by atoms with van der Waals surface area (Å²) < 4.78 is 40.3. The van der Waals surface area contributed by atoms with E-state index in [1.165, 1.54) is 16.8 Å². The fraction of sp³-hybridized carbons (Fsp3) is 0.292. The number of hydrogen-bond acceptors (Lipinski definition) is 6. The molecule has 0 aliphatic heterocycles. The van der Waals surface area contributed by atoms with Gasteiger partial charge in [-0.1, -0.05) is 12.1 Å². The molecule has 0 saturated carbocycles. The molecule has 2 aromatic carbocycles. The molecule has 0 radical (unpaired) electrons. The predicted molar refractivity (Wildman–Crippen MR) is 124 cm³/mol. The number of carbonyl (C=O) groups is 1. The lowest BCUT2D eigenvalue weighted by atomic mass is 10.1. The first-order chi connectivity index (χ1) is 16.4. The lowest BCUT2D eigenvalue weighted by Gasteiger charge is -2.12. The van der Waals surface area contributed by atoms with Gasteiger partial charge in [-0.2, -0.15) is 5.10 Å². The monoisotopic (exact) mass is 472 g/mol. The number of rotatable bonds is 10. The minimum absolute atomic E-state index is 0.0860. The summed E-state index contributed by atoms with van der Waals surface area (Å²) in [5, 5.41) is 9.79. The number of nitrogens with zero attached hydrogens (tertiary/aromatic N) is 2. The molecule has 0 spiro atoms. The SMILES string of the molecule is CCOC(=O)Nc1cccc(Cn2nc(-c3cc(F)c(OCCCNC)c(F)c3)ccc2=O)c1. The molecule has 8 nitrogen and oxygen atoms in total. The summed E-state index contributed by atoms with van der Waals surface area (Å²) in [6.45, 7) is 2.85. The van der Waals surface area contributed by atoms with Crippen molar-refractivity contribution in [3.63, 3.8) is 0 Å². The molecule has 0 aliphatic rings. The minimum atomic E-state index is -0.850.